The van der Waals surface area contributed by atoms with Crippen LogP contribution in [0.2, 0.25) is 0 Å². The Morgan fingerprint density at radius 2 is 2.00 bits per heavy atom. The standard InChI is InChI=1S/C19H22N4O/c1-15-2-3-18(20-13-15)19(24)6-10-22(11-7-19)14-16-5-9-23-17(12-16)4-8-21-23/h2-5,8-9,12-13,24H,6-7,10-11,14H2,1H3. The highest BCUT2D eigenvalue weighted by molar-refractivity contribution is 5.47. The highest BCUT2D eigenvalue weighted by Crippen LogP contribution is 2.32. The van der Waals surface area contributed by atoms with Crippen molar-refractivity contribution in [2.45, 2.75) is 31.9 Å². The van der Waals surface area contributed by atoms with Crippen molar-refractivity contribution in [1.82, 2.24) is 19.5 Å². The van der Waals surface area contributed by atoms with Gasteiger partial charge < -0.3 is 5.11 Å². The van der Waals surface area contributed by atoms with Gasteiger partial charge in [-0.1, -0.05) is 6.07 Å². The lowest BCUT2D eigenvalue weighted by molar-refractivity contribution is -0.0311. The van der Waals surface area contributed by atoms with Crippen molar-refractivity contribution in [1.29, 1.82) is 0 Å². The van der Waals surface area contributed by atoms with Crippen LogP contribution in [-0.4, -0.2) is 37.7 Å². The van der Waals surface area contributed by atoms with Crippen molar-refractivity contribution in [2.75, 3.05) is 13.1 Å². The quantitative estimate of drug-likeness (QED) is 0.805. The van der Waals surface area contributed by atoms with Gasteiger partial charge >= 0.3 is 0 Å². The molecule has 4 heterocycles. The summed E-state index contributed by atoms with van der Waals surface area (Å²) in [5.41, 5.74) is 3.52. The Bertz CT molecular complexity index is 832. The fraction of sp³-hybridized carbons (Fsp3) is 0.368. The Kier molecular flexibility index (Phi) is 3.82. The summed E-state index contributed by atoms with van der Waals surface area (Å²) in [4.78, 5) is 6.83. The fourth-order valence-corrected chi connectivity index (χ4v) is 3.40. The highest BCUT2D eigenvalue weighted by atomic mass is 16.3. The summed E-state index contributed by atoms with van der Waals surface area (Å²) in [6.07, 6.45) is 7.09. The van der Waals surface area contributed by atoms with Gasteiger partial charge in [0.25, 0.3) is 0 Å². The van der Waals surface area contributed by atoms with Gasteiger partial charge in [0.2, 0.25) is 0 Å². The van der Waals surface area contributed by atoms with Crippen LogP contribution in [0.1, 0.15) is 29.7 Å². The SMILES string of the molecule is Cc1ccc(C2(O)CCN(Cc3ccn4nccc4c3)CC2)nc1. The van der Waals surface area contributed by atoms with Crippen molar-refractivity contribution >= 4 is 5.52 Å². The first kappa shape index (κ1) is 15.3. The van der Waals surface area contributed by atoms with Gasteiger partial charge in [0.05, 0.1) is 11.2 Å². The lowest BCUT2D eigenvalue weighted by atomic mass is 9.87. The van der Waals surface area contributed by atoms with Gasteiger partial charge in [-0.05, 0) is 55.2 Å². The van der Waals surface area contributed by atoms with E-state index in [9.17, 15) is 5.11 Å². The molecule has 24 heavy (non-hydrogen) atoms. The van der Waals surface area contributed by atoms with E-state index in [1.165, 1.54) is 5.56 Å². The molecule has 0 unspecified atom stereocenters. The molecule has 0 radical (unpaired) electrons. The van der Waals surface area contributed by atoms with Crippen LogP contribution >= 0.6 is 0 Å². The van der Waals surface area contributed by atoms with E-state index in [4.69, 9.17) is 0 Å². The van der Waals surface area contributed by atoms with Crippen molar-refractivity contribution < 1.29 is 5.11 Å². The molecule has 0 aliphatic carbocycles. The fourth-order valence-electron chi connectivity index (χ4n) is 3.40. The minimum Gasteiger partial charge on any atom is -0.383 e. The van der Waals surface area contributed by atoms with E-state index in [0.29, 0.717) is 0 Å². The number of pyridine rings is 2. The number of hydrogen-bond acceptors (Lipinski definition) is 4. The molecule has 1 fully saturated rings. The molecule has 1 saturated heterocycles. The molecule has 1 aliphatic heterocycles. The maximum absolute atomic E-state index is 10.9. The van der Waals surface area contributed by atoms with E-state index < -0.39 is 5.60 Å². The molecule has 0 amide bonds. The number of piperidine rings is 1. The second-order valence-electron chi connectivity index (χ2n) is 6.76. The van der Waals surface area contributed by atoms with Crippen LogP contribution in [0.3, 0.4) is 0 Å². The van der Waals surface area contributed by atoms with E-state index in [1.54, 1.807) is 0 Å². The lowest BCUT2D eigenvalue weighted by Crippen LogP contribution is -2.42. The zero-order valence-electron chi connectivity index (χ0n) is 13.9. The topological polar surface area (TPSA) is 53.7 Å². The molecule has 1 N–H and O–H groups in total. The van der Waals surface area contributed by atoms with Gasteiger partial charge in [0.1, 0.15) is 5.60 Å². The van der Waals surface area contributed by atoms with Crippen molar-refractivity contribution in [2.24, 2.45) is 0 Å². The Labute approximate surface area is 141 Å². The van der Waals surface area contributed by atoms with E-state index in [2.05, 4.69) is 27.1 Å². The minimum atomic E-state index is -0.792. The number of nitrogens with zero attached hydrogens (tertiary/aromatic N) is 4. The Morgan fingerprint density at radius 1 is 1.17 bits per heavy atom. The summed E-state index contributed by atoms with van der Waals surface area (Å²) in [6.45, 7) is 4.66. The smallest absolute Gasteiger partial charge is 0.109 e. The molecular weight excluding hydrogens is 300 g/mol. The highest BCUT2D eigenvalue weighted by Gasteiger charge is 2.35. The molecule has 5 nitrogen and oxygen atoms in total. The first-order chi connectivity index (χ1) is 11.6. The van der Waals surface area contributed by atoms with E-state index in [-0.39, 0.29) is 0 Å². The third-order valence-corrected chi connectivity index (χ3v) is 4.94. The Morgan fingerprint density at radius 3 is 2.75 bits per heavy atom. The zero-order valence-corrected chi connectivity index (χ0v) is 13.9. The summed E-state index contributed by atoms with van der Waals surface area (Å²) in [5.74, 6) is 0. The molecule has 0 spiro atoms. The number of likely N-dealkylation sites (tertiary alicyclic amines) is 1. The van der Waals surface area contributed by atoms with Crippen molar-refractivity contribution in [3.05, 3.63) is 65.7 Å². The van der Waals surface area contributed by atoms with Gasteiger partial charge in [-0.15, -0.1) is 0 Å². The molecule has 124 valence electrons. The molecule has 3 aromatic rings. The first-order valence-electron chi connectivity index (χ1n) is 8.43. The summed E-state index contributed by atoms with van der Waals surface area (Å²) in [7, 11) is 0. The monoisotopic (exact) mass is 322 g/mol. The number of aromatic nitrogens is 3. The molecule has 0 saturated carbocycles. The lowest BCUT2D eigenvalue weighted by Gasteiger charge is -2.37. The number of aryl methyl sites for hydroxylation is 1. The van der Waals surface area contributed by atoms with Gasteiger partial charge in [0.15, 0.2) is 0 Å². The molecular formula is C19H22N4O. The van der Waals surface area contributed by atoms with Crippen LogP contribution in [0.25, 0.3) is 5.52 Å². The summed E-state index contributed by atoms with van der Waals surface area (Å²) in [5, 5.41) is 15.2. The summed E-state index contributed by atoms with van der Waals surface area (Å²) >= 11 is 0. The van der Waals surface area contributed by atoms with E-state index >= 15 is 0 Å². The maximum atomic E-state index is 10.9. The number of rotatable bonds is 3. The van der Waals surface area contributed by atoms with Crippen LogP contribution in [0.5, 0.6) is 0 Å². The van der Waals surface area contributed by atoms with Gasteiger partial charge in [-0.2, -0.15) is 5.10 Å². The third-order valence-electron chi connectivity index (χ3n) is 4.94. The van der Waals surface area contributed by atoms with Crippen LogP contribution in [0.4, 0.5) is 0 Å². The maximum Gasteiger partial charge on any atom is 0.109 e. The molecule has 0 atom stereocenters. The predicted octanol–water partition coefficient (Wildman–Crippen LogP) is 2.52. The second-order valence-corrected chi connectivity index (χ2v) is 6.76. The number of aliphatic hydroxyl groups is 1. The Hall–Kier alpha value is -2.24. The van der Waals surface area contributed by atoms with Crippen molar-refractivity contribution in [3.63, 3.8) is 0 Å². The van der Waals surface area contributed by atoms with Gasteiger partial charge in [0, 0.05) is 38.2 Å². The predicted molar refractivity (Wildman–Crippen MR) is 92.6 cm³/mol. The zero-order chi connectivity index (χ0) is 16.6. The van der Waals surface area contributed by atoms with Gasteiger partial charge in [-0.3, -0.25) is 9.88 Å². The van der Waals surface area contributed by atoms with Crippen LogP contribution < -0.4 is 0 Å². The van der Waals surface area contributed by atoms with Crippen molar-refractivity contribution in [3.8, 4) is 0 Å². The summed E-state index contributed by atoms with van der Waals surface area (Å²) < 4.78 is 1.88. The van der Waals surface area contributed by atoms with Crippen LogP contribution in [-0.2, 0) is 12.1 Å². The average Bonchev–Trinajstić information content (AvgIpc) is 3.05. The average molecular weight is 322 g/mol. The molecule has 0 aromatic carbocycles. The molecule has 4 rings (SSSR count). The van der Waals surface area contributed by atoms with E-state index in [1.807, 2.05) is 48.2 Å². The summed E-state index contributed by atoms with van der Waals surface area (Å²) in [6, 6.07) is 10.3. The van der Waals surface area contributed by atoms with Crippen LogP contribution in [0.15, 0.2) is 48.9 Å². The molecule has 5 heteroatoms. The second kappa shape index (κ2) is 6.00. The largest absolute Gasteiger partial charge is 0.383 e. The minimum absolute atomic E-state index is 0.720. The first-order valence-corrected chi connectivity index (χ1v) is 8.43. The normalized spacial score (nSPS) is 18.1. The molecule has 1 aliphatic rings. The number of hydrogen-bond donors (Lipinski definition) is 1. The van der Waals surface area contributed by atoms with E-state index in [0.717, 1.165) is 49.2 Å². The van der Waals surface area contributed by atoms with Gasteiger partial charge in [-0.25, -0.2) is 4.52 Å². The molecule has 3 aromatic heterocycles. The number of fused-ring (bicyclic) bond motifs is 1. The van der Waals surface area contributed by atoms with Crippen LogP contribution in [0, 0.1) is 6.92 Å². The Balaban J connectivity index is 1.42. The third kappa shape index (κ3) is 2.92. The molecule has 0 bridgehead atoms.